The van der Waals surface area contributed by atoms with Gasteiger partial charge in [-0.25, -0.2) is 4.39 Å². The smallest absolute Gasteiger partial charge is 0.244 e. The van der Waals surface area contributed by atoms with Gasteiger partial charge in [0.1, 0.15) is 17.6 Å². The number of carbonyl (C=O) groups is 1. The lowest BCUT2D eigenvalue weighted by atomic mass is 10.1. The summed E-state index contributed by atoms with van der Waals surface area (Å²) in [6, 6.07) is 9.71. The normalized spacial score (nSPS) is 11.9. The molecule has 0 saturated carbocycles. The highest BCUT2D eigenvalue weighted by atomic mass is 19.1. The van der Waals surface area contributed by atoms with Gasteiger partial charge in [-0.2, -0.15) is 0 Å². The van der Waals surface area contributed by atoms with Gasteiger partial charge in [0.25, 0.3) is 0 Å². The first-order valence-electron chi connectivity index (χ1n) is 6.07. The molecule has 0 aliphatic heterocycles. The maximum absolute atomic E-state index is 13.3. The van der Waals surface area contributed by atoms with E-state index in [0.29, 0.717) is 11.3 Å². The van der Waals surface area contributed by atoms with Gasteiger partial charge >= 0.3 is 0 Å². The molecule has 2 rings (SSSR count). The summed E-state index contributed by atoms with van der Waals surface area (Å²) in [7, 11) is 0. The number of amides is 1. The molecule has 0 aliphatic rings. The van der Waals surface area contributed by atoms with Crippen LogP contribution in [0.4, 0.5) is 10.1 Å². The number of phenolic OH excluding ortho intramolecular Hbond substituents is 1. The van der Waals surface area contributed by atoms with Gasteiger partial charge < -0.3 is 16.2 Å². The molecule has 0 saturated heterocycles. The number of hydrogen-bond donors (Lipinski definition) is 3. The minimum atomic E-state index is -0.795. The molecule has 0 aromatic heterocycles. The highest BCUT2D eigenvalue weighted by Crippen LogP contribution is 2.23. The highest BCUT2D eigenvalue weighted by Gasteiger charge is 2.17. The molecule has 0 heterocycles. The maximum atomic E-state index is 13.3. The van der Waals surface area contributed by atoms with Gasteiger partial charge in [-0.3, -0.25) is 4.79 Å². The van der Waals surface area contributed by atoms with Crippen LogP contribution in [0.15, 0.2) is 42.5 Å². The third-order valence-electron chi connectivity index (χ3n) is 2.86. The average Bonchev–Trinajstić information content (AvgIpc) is 2.36. The molecule has 2 aromatic rings. The van der Waals surface area contributed by atoms with Crippen LogP contribution in [-0.4, -0.2) is 11.0 Å². The first-order chi connectivity index (χ1) is 9.45. The number of rotatable bonds is 4. The molecule has 1 amide bonds. The first kappa shape index (κ1) is 13.9. The van der Waals surface area contributed by atoms with Gasteiger partial charge in [-0.15, -0.1) is 0 Å². The number of aryl methyl sites for hydroxylation is 1. The van der Waals surface area contributed by atoms with E-state index in [1.54, 1.807) is 25.1 Å². The first-order valence-corrected chi connectivity index (χ1v) is 6.07. The zero-order chi connectivity index (χ0) is 14.7. The van der Waals surface area contributed by atoms with E-state index in [2.05, 4.69) is 5.32 Å². The molecular formula is C15H15FN2O2. The van der Waals surface area contributed by atoms with Crippen LogP contribution in [0, 0.1) is 12.7 Å². The molecule has 104 valence electrons. The summed E-state index contributed by atoms with van der Waals surface area (Å²) >= 11 is 0. The summed E-state index contributed by atoms with van der Waals surface area (Å²) in [5.74, 6) is -0.877. The summed E-state index contributed by atoms with van der Waals surface area (Å²) in [5.41, 5.74) is 7.18. The van der Waals surface area contributed by atoms with E-state index in [9.17, 15) is 14.3 Å². The molecule has 0 bridgehead atoms. The van der Waals surface area contributed by atoms with Crippen molar-refractivity contribution >= 4 is 11.6 Å². The second-order valence-electron chi connectivity index (χ2n) is 4.59. The Bertz CT molecular complexity index is 606. The van der Waals surface area contributed by atoms with Crippen LogP contribution in [0.3, 0.4) is 0 Å². The number of benzene rings is 2. The number of halogens is 1. The van der Waals surface area contributed by atoms with Gasteiger partial charge in [0.2, 0.25) is 5.91 Å². The Balaban J connectivity index is 2.30. The van der Waals surface area contributed by atoms with E-state index in [1.165, 1.54) is 24.3 Å². The van der Waals surface area contributed by atoms with Crippen molar-refractivity contribution in [3.05, 3.63) is 59.4 Å². The van der Waals surface area contributed by atoms with Crippen LogP contribution in [0.2, 0.25) is 0 Å². The van der Waals surface area contributed by atoms with E-state index >= 15 is 0 Å². The molecule has 2 aromatic carbocycles. The van der Waals surface area contributed by atoms with Crippen molar-refractivity contribution < 1.29 is 14.3 Å². The van der Waals surface area contributed by atoms with Crippen molar-refractivity contribution in [3.8, 4) is 5.75 Å². The van der Waals surface area contributed by atoms with Crippen molar-refractivity contribution in [2.75, 3.05) is 5.32 Å². The Morgan fingerprint density at radius 1 is 1.25 bits per heavy atom. The van der Waals surface area contributed by atoms with E-state index in [4.69, 9.17) is 5.73 Å². The van der Waals surface area contributed by atoms with Crippen LogP contribution in [0.25, 0.3) is 0 Å². The minimum Gasteiger partial charge on any atom is -0.508 e. The number of aromatic hydroxyl groups is 1. The fourth-order valence-electron chi connectivity index (χ4n) is 1.97. The quantitative estimate of drug-likeness (QED) is 0.801. The number of hydrogen-bond acceptors (Lipinski definition) is 3. The van der Waals surface area contributed by atoms with Crippen LogP contribution in [-0.2, 0) is 4.79 Å². The van der Waals surface area contributed by atoms with Crippen LogP contribution in [0.1, 0.15) is 17.2 Å². The molecule has 20 heavy (non-hydrogen) atoms. The molecule has 4 nitrogen and oxygen atoms in total. The molecule has 4 N–H and O–H groups in total. The van der Waals surface area contributed by atoms with Crippen molar-refractivity contribution in [1.29, 1.82) is 0 Å². The van der Waals surface area contributed by atoms with Gasteiger partial charge in [0.05, 0.1) is 0 Å². The predicted octanol–water partition coefficient (Wildman–Crippen LogP) is 2.48. The molecule has 0 aliphatic carbocycles. The number of anilines is 1. The zero-order valence-electron chi connectivity index (χ0n) is 10.9. The number of phenols is 1. The Morgan fingerprint density at radius 3 is 2.45 bits per heavy atom. The van der Waals surface area contributed by atoms with E-state index in [-0.39, 0.29) is 11.6 Å². The molecule has 1 unspecified atom stereocenters. The van der Waals surface area contributed by atoms with Crippen molar-refractivity contribution in [1.82, 2.24) is 0 Å². The van der Waals surface area contributed by atoms with Crippen molar-refractivity contribution in [3.63, 3.8) is 0 Å². The second-order valence-corrected chi connectivity index (χ2v) is 4.59. The maximum Gasteiger partial charge on any atom is 0.244 e. The van der Waals surface area contributed by atoms with Crippen LogP contribution < -0.4 is 11.1 Å². The second kappa shape index (κ2) is 5.61. The third kappa shape index (κ3) is 3.26. The number of nitrogens with two attached hydrogens (primary N) is 1. The highest BCUT2D eigenvalue weighted by molar-refractivity contribution is 5.84. The lowest BCUT2D eigenvalue weighted by Gasteiger charge is -2.17. The number of carbonyl (C=O) groups excluding carboxylic acids is 1. The van der Waals surface area contributed by atoms with E-state index < -0.39 is 11.9 Å². The lowest BCUT2D eigenvalue weighted by molar-refractivity contribution is -0.118. The van der Waals surface area contributed by atoms with Crippen LogP contribution in [0.5, 0.6) is 5.75 Å². The van der Waals surface area contributed by atoms with E-state index in [0.717, 1.165) is 5.56 Å². The predicted molar refractivity (Wildman–Crippen MR) is 74.8 cm³/mol. The number of primary amides is 1. The SMILES string of the molecule is Cc1cc(F)cc(NC(C(N)=O)c2ccc(O)cc2)c1. The topological polar surface area (TPSA) is 75.3 Å². The molecule has 0 fully saturated rings. The van der Waals surface area contributed by atoms with Crippen molar-refractivity contribution in [2.45, 2.75) is 13.0 Å². The fraction of sp³-hybridized carbons (Fsp3) is 0.133. The molecule has 0 radical (unpaired) electrons. The summed E-state index contributed by atoms with van der Waals surface area (Å²) in [6.45, 7) is 1.76. The molecular weight excluding hydrogens is 259 g/mol. The summed E-state index contributed by atoms with van der Waals surface area (Å²) < 4.78 is 13.3. The Kier molecular flexibility index (Phi) is 3.89. The summed E-state index contributed by atoms with van der Waals surface area (Å²) in [6.07, 6.45) is 0. The van der Waals surface area contributed by atoms with Gasteiger partial charge in [-0.1, -0.05) is 12.1 Å². The fourth-order valence-corrected chi connectivity index (χ4v) is 1.97. The standard InChI is InChI=1S/C15H15FN2O2/c1-9-6-11(16)8-12(7-9)18-14(15(17)20)10-2-4-13(19)5-3-10/h2-8,14,18-19H,1H3,(H2,17,20). The third-order valence-corrected chi connectivity index (χ3v) is 2.86. The monoisotopic (exact) mass is 274 g/mol. The Hall–Kier alpha value is -2.56. The van der Waals surface area contributed by atoms with Gasteiger partial charge in [0.15, 0.2) is 0 Å². The van der Waals surface area contributed by atoms with Gasteiger partial charge in [0, 0.05) is 5.69 Å². The summed E-state index contributed by atoms with van der Waals surface area (Å²) in [4.78, 5) is 11.6. The zero-order valence-corrected chi connectivity index (χ0v) is 10.9. The molecule has 5 heteroatoms. The lowest BCUT2D eigenvalue weighted by Crippen LogP contribution is -2.27. The van der Waals surface area contributed by atoms with Crippen LogP contribution >= 0.6 is 0 Å². The average molecular weight is 274 g/mol. The largest absolute Gasteiger partial charge is 0.508 e. The molecule has 0 spiro atoms. The van der Waals surface area contributed by atoms with Gasteiger partial charge in [-0.05, 0) is 48.4 Å². The minimum absolute atomic E-state index is 0.0959. The van der Waals surface area contributed by atoms with E-state index in [1.807, 2.05) is 0 Å². The number of nitrogens with one attached hydrogen (secondary N) is 1. The Labute approximate surface area is 116 Å². The Morgan fingerprint density at radius 2 is 1.90 bits per heavy atom. The summed E-state index contributed by atoms with van der Waals surface area (Å²) in [5, 5.41) is 12.2. The molecule has 1 atom stereocenters. The van der Waals surface area contributed by atoms with Crippen molar-refractivity contribution in [2.24, 2.45) is 5.73 Å².